The van der Waals surface area contributed by atoms with E-state index in [0.717, 1.165) is 49.2 Å². The van der Waals surface area contributed by atoms with Crippen molar-refractivity contribution in [2.75, 3.05) is 13.1 Å². The standard InChI is InChI=1S/C22H24Cl3NO/c1-3-12(4-2)15-7-13(21-18(24)9-14(23)10-19(21)25)8-16-17-11-26-6-5-20(17)27-22(15)16/h7-10,12,17,20,26H,3-6,11H2,1-2H3/t17-,20-/m0/s1. The van der Waals surface area contributed by atoms with Gasteiger partial charge in [0.05, 0.1) is 10.0 Å². The van der Waals surface area contributed by atoms with Crippen molar-refractivity contribution in [1.29, 1.82) is 0 Å². The molecule has 2 nitrogen and oxygen atoms in total. The van der Waals surface area contributed by atoms with Gasteiger partial charge in [0, 0.05) is 28.6 Å². The number of halogens is 3. The molecular weight excluding hydrogens is 401 g/mol. The van der Waals surface area contributed by atoms with Crippen LogP contribution in [0.15, 0.2) is 24.3 Å². The Kier molecular flexibility index (Phi) is 5.62. The first kappa shape index (κ1) is 19.4. The zero-order valence-electron chi connectivity index (χ0n) is 15.6. The quantitative estimate of drug-likeness (QED) is 0.567. The van der Waals surface area contributed by atoms with Crippen molar-refractivity contribution >= 4 is 34.8 Å². The van der Waals surface area contributed by atoms with Gasteiger partial charge in [-0.1, -0.05) is 48.7 Å². The summed E-state index contributed by atoms with van der Waals surface area (Å²) in [7, 11) is 0. The van der Waals surface area contributed by atoms with Crippen LogP contribution in [0.25, 0.3) is 11.1 Å². The van der Waals surface area contributed by atoms with Crippen molar-refractivity contribution in [3.05, 3.63) is 50.5 Å². The summed E-state index contributed by atoms with van der Waals surface area (Å²) < 4.78 is 6.47. The molecule has 2 aliphatic heterocycles. The van der Waals surface area contributed by atoms with E-state index < -0.39 is 0 Å². The van der Waals surface area contributed by atoms with Gasteiger partial charge in [0.25, 0.3) is 0 Å². The van der Waals surface area contributed by atoms with Crippen molar-refractivity contribution in [3.8, 4) is 16.9 Å². The third-order valence-corrected chi connectivity index (χ3v) is 6.77. The second-order valence-electron chi connectivity index (χ2n) is 7.50. The van der Waals surface area contributed by atoms with Gasteiger partial charge in [-0.15, -0.1) is 0 Å². The molecule has 0 aliphatic carbocycles. The molecule has 2 atom stereocenters. The summed E-state index contributed by atoms with van der Waals surface area (Å²) in [6.07, 6.45) is 3.46. The Morgan fingerprint density at radius 1 is 1.07 bits per heavy atom. The summed E-state index contributed by atoms with van der Waals surface area (Å²) in [5, 5.41) is 5.23. The fourth-order valence-corrected chi connectivity index (χ4v) is 5.55. The number of hydrogen-bond donors (Lipinski definition) is 1. The SMILES string of the molecule is CCC(CC)c1cc(-c2c(Cl)cc(Cl)cc2Cl)cc2c1O[C@H]1CCNC[C@@H]21. The van der Waals surface area contributed by atoms with Gasteiger partial charge >= 0.3 is 0 Å². The lowest BCUT2D eigenvalue weighted by molar-refractivity contribution is 0.170. The molecule has 144 valence electrons. The van der Waals surface area contributed by atoms with E-state index in [9.17, 15) is 0 Å². The highest BCUT2D eigenvalue weighted by atomic mass is 35.5. The second kappa shape index (κ2) is 7.83. The summed E-state index contributed by atoms with van der Waals surface area (Å²) in [5.74, 6) is 1.93. The number of fused-ring (bicyclic) bond motifs is 3. The van der Waals surface area contributed by atoms with Gasteiger partial charge in [0.15, 0.2) is 0 Å². The Morgan fingerprint density at radius 2 is 1.78 bits per heavy atom. The van der Waals surface area contributed by atoms with E-state index in [0.29, 0.717) is 26.9 Å². The van der Waals surface area contributed by atoms with Crippen LogP contribution in [0.2, 0.25) is 15.1 Å². The summed E-state index contributed by atoms with van der Waals surface area (Å²) in [6.45, 7) is 6.43. The number of nitrogens with one attached hydrogen (secondary N) is 1. The molecule has 0 aromatic heterocycles. The van der Waals surface area contributed by atoms with Gasteiger partial charge in [0.2, 0.25) is 0 Å². The largest absolute Gasteiger partial charge is 0.489 e. The number of piperidine rings is 1. The molecule has 2 aliphatic rings. The van der Waals surface area contributed by atoms with E-state index in [-0.39, 0.29) is 6.10 Å². The molecule has 1 saturated heterocycles. The van der Waals surface area contributed by atoms with Crippen LogP contribution >= 0.6 is 34.8 Å². The van der Waals surface area contributed by atoms with Gasteiger partial charge in [-0.2, -0.15) is 0 Å². The maximum Gasteiger partial charge on any atom is 0.126 e. The van der Waals surface area contributed by atoms with Gasteiger partial charge in [-0.3, -0.25) is 0 Å². The Hall–Kier alpha value is -0.930. The molecule has 4 rings (SSSR count). The fraction of sp³-hybridized carbons (Fsp3) is 0.455. The van der Waals surface area contributed by atoms with E-state index in [1.807, 2.05) is 0 Å². The minimum Gasteiger partial charge on any atom is -0.489 e. The average molecular weight is 425 g/mol. The van der Waals surface area contributed by atoms with Gasteiger partial charge in [0.1, 0.15) is 11.9 Å². The normalized spacial score (nSPS) is 21.1. The molecule has 1 fully saturated rings. The summed E-state index contributed by atoms with van der Waals surface area (Å²) in [5.41, 5.74) is 4.47. The van der Waals surface area contributed by atoms with Crippen LogP contribution in [0.3, 0.4) is 0 Å². The van der Waals surface area contributed by atoms with E-state index in [4.69, 9.17) is 39.5 Å². The number of benzene rings is 2. The molecule has 2 heterocycles. The highest BCUT2D eigenvalue weighted by Crippen LogP contribution is 2.49. The molecule has 27 heavy (non-hydrogen) atoms. The van der Waals surface area contributed by atoms with E-state index in [1.54, 1.807) is 12.1 Å². The van der Waals surface area contributed by atoms with E-state index in [1.165, 1.54) is 11.1 Å². The average Bonchev–Trinajstić information content (AvgIpc) is 3.01. The summed E-state index contributed by atoms with van der Waals surface area (Å²) in [4.78, 5) is 0. The lowest BCUT2D eigenvalue weighted by Gasteiger charge is -2.25. The molecule has 0 unspecified atom stereocenters. The first-order valence-corrected chi connectivity index (χ1v) is 10.9. The van der Waals surface area contributed by atoms with Crippen molar-refractivity contribution in [2.24, 2.45) is 0 Å². The van der Waals surface area contributed by atoms with Crippen LogP contribution in [0, 0.1) is 0 Å². The molecule has 0 saturated carbocycles. The zero-order chi connectivity index (χ0) is 19.1. The van der Waals surface area contributed by atoms with Gasteiger partial charge < -0.3 is 10.1 Å². The Bertz CT molecular complexity index is 840. The van der Waals surface area contributed by atoms with Crippen molar-refractivity contribution in [2.45, 2.75) is 51.0 Å². The summed E-state index contributed by atoms with van der Waals surface area (Å²) in [6, 6.07) is 7.97. The van der Waals surface area contributed by atoms with Gasteiger partial charge in [-0.05, 0) is 67.1 Å². The minimum atomic E-state index is 0.265. The monoisotopic (exact) mass is 423 g/mol. The Labute approximate surface area is 176 Å². The third-order valence-electron chi connectivity index (χ3n) is 5.95. The van der Waals surface area contributed by atoms with E-state index in [2.05, 4.69) is 31.3 Å². The molecule has 5 heteroatoms. The highest BCUT2D eigenvalue weighted by molar-refractivity contribution is 6.41. The second-order valence-corrected chi connectivity index (χ2v) is 8.75. The first-order valence-electron chi connectivity index (χ1n) is 9.73. The molecule has 0 amide bonds. The van der Waals surface area contributed by atoms with Crippen LogP contribution in [0.5, 0.6) is 5.75 Å². The molecular formula is C22H24Cl3NO. The van der Waals surface area contributed by atoms with Gasteiger partial charge in [-0.25, -0.2) is 0 Å². The molecule has 0 radical (unpaired) electrons. The topological polar surface area (TPSA) is 21.3 Å². The summed E-state index contributed by atoms with van der Waals surface area (Å²) >= 11 is 19.2. The molecule has 1 N–H and O–H groups in total. The maximum absolute atomic E-state index is 6.54. The number of ether oxygens (including phenoxy) is 1. The minimum absolute atomic E-state index is 0.265. The van der Waals surface area contributed by atoms with Crippen molar-refractivity contribution < 1.29 is 4.74 Å². The Balaban J connectivity index is 1.91. The third kappa shape index (κ3) is 3.46. The predicted molar refractivity (Wildman–Crippen MR) is 115 cm³/mol. The lowest BCUT2D eigenvalue weighted by atomic mass is 9.84. The smallest absolute Gasteiger partial charge is 0.126 e. The number of rotatable bonds is 4. The molecule has 2 aromatic rings. The predicted octanol–water partition coefficient (Wildman–Crippen LogP) is 7.06. The maximum atomic E-state index is 6.54. The zero-order valence-corrected chi connectivity index (χ0v) is 17.9. The lowest BCUT2D eigenvalue weighted by Crippen LogP contribution is -2.37. The fourth-order valence-electron chi connectivity index (χ4n) is 4.52. The highest BCUT2D eigenvalue weighted by Gasteiger charge is 2.38. The van der Waals surface area contributed by atoms with Crippen molar-refractivity contribution in [1.82, 2.24) is 5.32 Å². The van der Waals surface area contributed by atoms with Crippen LogP contribution in [0.1, 0.15) is 56.1 Å². The molecule has 2 aromatic carbocycles. The first-order chi connectivity index (χ1) is 13.0. The molecule has 0 bridgehead atoms. The number of hydrogen-bond acceptors (Lipinski definition) is 2. The van der Waals surface area contributed by atoms with Crippen LogP contribution in [-0.4, -0.2) is 19.2 Å². The van der Waals surface area contributed by atoms with E-state index >= 15 is 0 Å². The molecule has 0 spiro atoms. The van der Waals surface area contributed by atoms with Crippen LogP contribution < -0.4 is 10.1 Å². The Morgan fingerprint density at radius 3 is 2.44 bits per heavy atom. The van der Waals surface area contributed by atoms with Crippen LogP contribution in [0.4, 0.5) is 0 Å². The van der Waals surface area contributed by atoms with Crippen molar-refractivity contribution in [3.63, 3.8) is 0 Å². The van der Waals surface area contributed by atoms with Crippen LogP contribution in [-0.2, 0) is 0 Å².